The summed E-state index contributed by atoms with van der Waals surface area (Å²) in [4.78, 5) is 11.3. The third-order valence-corrected chi connectivity index (χ3v) is 2.72. The number of hydrogen-bond donors (Lipinski definition) is 0. The number of rotatable bonds is 3. The maximum atomic E-state index is 12.9. The van der Waals surface area contributed by atoms with Crippen molar-refractivity contribution in [2.75, 3.05) is 7.11 Å². The van der Waals surface area contributed by atoms with E-state index >= 15 is 0 Å². The predicted octanol–water partition coefficient (Wildman–Crippen LogP) is 3.68. The van der Waals surface area contributed by atoms with Crippen LogP contribution in [0, 0.1) is 3.57 Å². The second kappa shape index (κ2) is 4.98. The number of halogens is 6. The van der Waals surface area contributed by atoms with Gasteiger partial charge in [-0.25, -0.2) is 0 Å². The first-order valence-electron chi connectivity index (χ1n) is 4.44. The van der Waals surface area contributed by atoms with E-state index in [2.05, 4.69) is 4.74 Å². The van der Waals surface area contributed by atoms with Gasteiger partial charge in [0.05, 0.1) is 12.7 Å². The maximum Gasteiger partial charge on any atom is 0.461 e. The molecule has 0 radical (unpaired) electrons. The lowest BCUT2D eigenvalue weighted by molar-refractivity contribution is -0.255. The molecule has 1 rings (SSSR count). The van der Waals surface area contributed by atoms with Crippen LogP contribution in [0.3, 0.4) is 0 Å². The highest BCUT2D eigenvalue weighted by atomic mass is 127. The zero-order valence-corrected chi connectivity index (χ0v) is 11.0. The summed E-state index contributed by atoms with van der Waals surface area (Å²) < 4.78 is 67.1. The van der Waals surface area contributed by atoms with E-state index < -0.39 is 23.4 Å². The highest BCUT2D eigenvalue weighted by Gasteiger charge is 2.63. The minimum Gasteiger partial charge on any atom is -0.496 e. The van der Waals surface area contributed by atoms with Gasteiger partial charge in [0.15, 0.2) is 0 Å². The van der Waals surface area contributed by atoms with E-state index in [1.165, 1.54) is 6.07 Å². The molecule has 0 amide bonds. The Morgan fingerprint density at radius 1 is 1.22 bits per heavy atom. The van der Waals surface area contributed by atoms with Crippen LogP contribution in [-0.2, 0) is 0 Å². The normalized spacial score (nSPS) is 12.4. The van der Waals surface area contributed by atoms with E-state index in [-0.39, 0.29) is 5.75 Å². The molecule has 0 aliphatic carbocycles. The molecule has 18 heavy (non-hydrogen) atoms. The van der Waals surface area contributed by atoms with Crippen molar-refractivity contribution < 1.29 is 31.5 Å². The van der Waals surface area contributed by atoms with Crippen LogP contribution in [0.25, 0.3) is 0 Å². The number of hydrogen-bond acceptors (Lipinski definition) is 2. The Hall–Kier alpha value is -0.930. The predicted molar refractivity (Wildman–Crippen MR) is 61.0 cm³/mol. The number of methoxy groups -OCH3 is 1. The standard InChI is InChI=1S/C10H6F5IO2/c1-18-7-3-2-5(16)4-6(7)8(17)9(11,12)10(13,14)15/h2-4H,1H3. The number of alkyl halides is 5. The third kappa shape index (κ3) is 2.73. The van der Waals surface area contributed by atoms with Crippen molar-refractivity contribution in [3.05, 3.63) is 27.3 Å². The minimum absolute atomic E-state index is 0.329. The van der Waals surface area contributed by atoms with Crippen molar-refractivity contribution in [2.45, 2.75) is 12.1 Å². The van der Waals surface area contributed by atoms with Gasteiger partial charge < -0.3 is 4.74 Å². The second-order valence-corrected chi connectivity index (χ2v) is 4.49. The van der Waals surface area contributed by atoms with Gasteiger partial charge in [0.1, 0.15) is 5.75 Å². The molecular weight excluding hydrogens is 374 g/mol. The molecule has 0 atom stereocenters. The Morgan fingerprint density at radius 3 is 2.22 bits per heavy atom. The molecule has 1 aromatic carbocycles. The van der Waals surface area contributed by atoms with Crippen LogP contribution in [0.5, 0.6) is 5.75 Å². The molecule has 0 N–H and O–H groups in total. The van der Waals surface area contributed by atoms with E-state index in [4.69, 9.17) is 0 Å². The number of carbonyl (C=O) groups excluding carboxylic acids is 1. The first-order valence-corrected chi connectivity index (χ1v) is 5.52. The summed E-state index contributed by atoms with van der Waals surface area (Å²) in [6.45, 7) is 0. The lowest BCUT2D eigenvalue weighted by Crippen LogP contribution is -2.44. The highest BCUT2D eigenvalue weighted by molar-refractivity contribution is 14.1. The fourth-order valence-electron chi connectivity index (χ4n) is 1.16. The summed E-state index contributed by atoms with van der Waals surface area (Å²) in [5, 5.41) is 0. The van der Waals surface area contributed by atoms with E-state index in [1.807, 2.05) is 0 Å². The molecule has 0 unspecified atom stereocenters. The summed E-state index contributed by atoms with van der Waals surface area (Å²) in [7, 11) is 1.07. The highest BCUT2D eigenvalue weighted by Crippen LogP contribution is 2.39. The molecular formula is C10H6F5IO2. The number of benzene rings is 1. The molecule has 8 heteroatoms. The van der Waals surface area contributed by atoms with Crippen LogP contribution in [0.15, 0.2) is 18.2 Å². The van der Waals surface area contributed by atoms with Gasteiger partial charge in [0.2, 0.25) is 5.78 Å². The summed E-state index contributed by atoms with van der Waals surface area (Å²) in [5.41, 5.74) is -0.799. The molecule has 0 aromatic heterocycles. The van der Waals surface area contributed by atoms with Crippen LogP contribution < -0.4 is 4.74 Å². The SMILES string of the molecule is COc1ccc(I)cc1C(=O)C(F)(F)C(F)(F)F. The Kier molecular flexibility index (Phi) is 4.19. The lowest BCUT2D eigenvalue weighted by Gasteiger charge is -2.19. The van der Waals surface area contributed by atoms with Crippen molar-refractivity contribution >= 4 is 28.4 Å². The summed E-state index contributed by atoms with van der Waals surface area (Å²) >= 11 is 1.69. The van der Waals surface area contributed by atoms with Crippen LogP contribution in [0.1, 0.15) is 10.4 Å². The monoisotopic (exact) mass is 380 g/mol. The first-order chi connectivity index (χ1) is 8.11. The van der Waals surface area contributed by atoms with Gasteiger partial charge in [-0.2, -0.15) is 22.0 Å². The molecule has 0 spiro atoms. The summed E-state index contributed by atoms with van der Waals surface area (Å²) in [6.07, 6.45) is -5.93. The Morgan fingerprint density at radius 2 is 1.78 bits per heavy atom. The minimum atomic E-state index is -5.93. The van der Waals surface area contributed by atoms with Gasteiger partial charge in [-0.1, -0.05) is 0 Å². The molecule has 0 bridgehead atoms. The van der Waals surface area contributed by atoms with E-state index in [9.17, 15) is 26.7 Å². The first kappa shape index (κ1) is 15.1. The van der Waals surface area contributed by atoms with E-state index in [0.717, 1.165) is 19.2 Å². The average molecular weight is 380 g/mol. The Bertz CT molecular complexity index is 470. The number of ketones is 1. The van der Waals surface area contributed by atoms with Crippen LogP contribution in [0.2, 0.25) is 0 Å². The average Bonchev–Trinajstić information content (AvgIpc) is 2.26. The van der Waals surface area contributed by atoms with E-state index in [0.29, 0.717) is 3.57 Å². The van der Waals surface area contributed by atoms with Crippen molar-refractivity contribution in [2.24, 2.45) is 0 Å². The van der Waals surface area contributed by atoms with Gasteiger partial charge >= 0.3 is 12.1 Å². The second-order valence-electron chi connectivity index (χ2n) is 3.25. The van der Waals surface area contributed by atoms with Crippen LogP contribution in [0.4, 0.5) is 22.0 Å². The van der Waals surface area contributed by atoms with Crippen molar-refractivity contribution in [1.29, 1.82) is 0 Å². The molecule has 2 nitrogen and oxygen atoms in total. The van der Waals surface area contributed by atoms with Crippen molar-refractivity contribution in [1.82, 2.24) is 0 Å². The molecule has 100 valence electrons. The van der Waals surface area contributed by atoms with Gasteiger partial charge in [-0.15, -0.1) is 0 Å². The van der Waals surface area contributed by atoms with Crippen LogP contribution >= 0.6 is 22.6 Å². The molecule has 0 saturated carbocycles. The Labute approximate surface area is 112 Å². The molecule has 0 heterocycles. The zero-order valence-electron chi connectivity index (χ0n) is 8.82. The fraction of sp³-hybridized carbons (Fsp3) is 0.300. The quantitative estimate of drug-likeness (QED) is 0.455. The molecule has 0 fully saturated rings. The number of ether oxygens (including phenoxy) is 1. The third-order valence-electron chi connectivity index (χ3n) is 2.05. The van der Waals surface area contributed by atoms with E-state index in [1.54, 1.807) is 22.6 Å². The number of Topliss-reactive ketones (excluding diaryl/α,β-unsaturated/α-hetero) is 1. The molecule has 0 saturated heterocycles. The van der Waals surface area contributed by atoms with Gasteiger partial charge in [-0.05, 0) is 40.8 Å². The smallest absolute Gasteiger partial charge is 0.461 e. The molecule has 1 aromatic rings. The maximum absolute atomic E-state index is 12.9. The van der Waals surface area contributed by atoms with Crippen LogP contribution in [-0.4, -0.2) is 25.0 Å². The molecule has 0 aliphatic heterocycles. The van der Waals surface area contributed by atoms with Gasteiger partial charge in [-0.3, -0.25) is 4.79 Å². The topological polar surface area (TPSA) is 26.3 Å². The number of carbonyl (C=O) groups is 1. The largest absolute Gasteiger partial charge is 0.496 e. The Balaban J connectivity index is 3.31. The van der Waals surface area contributed by atoms with Crippen molar-refractivity contribution in [3.63, 3.8) is 0 Å². The molecule has 0 aliphatic rings. The lowest BCUT2D eigenvalue weighted by atomic mass is 10.0. The van der Waals surface area contributed by atoms with Gasteiger partial charge in [0, 0.05) is 3.57 Å². The summed E-state index contributed by atoms with van der Waals surface area (Å²) in [5.74, 6) is -8.10. The van der Waals surface area contributed by atoms with Gasteiger partial charge in [0.25, 0.3) is 0 Å². The zero-order chi connectivity index (χ0) is 14.1. The summed E-state index contributed by atoms with van der Waals surface area (Å²) in [6, 6.07) is 3.49. The van der Waals surface area contributed by atoms with Crippen molar-refractivity contribution in [3.8, 4) is 5.75 Å². The fourth-order valence-corrected chi connectivity index (χ4v) is 1.65.